The fourth-order valence-electron chi connectivity index (χ4n) is 8.35. The van der Waals surface area contributed by atoms with Crippen LogP contribution in [0.4, 0.5) is 0 Å². The molecule has 0 amide bonds. The lowest BCUT2D eigenvalue weighted by molar-refractivity contribution is 1.14. The van der Waals surface area contributed by atoms with Gasteiger partial charge in [-0.15, -0.1) is 0 Å². The van der Waals surface area contributed by atoms with Gasteiger partial charge in [0.05, 0.1) is 27.9 Å². The van der Waals surface area contributed by atoms with Crippen LogP contribution in [0, 0.1) is 0 Å². The monoisotopic (exact) mass is 715 g/mol. The number of fused-ring (bicyclic) bond motifs is 6. The number of benzene rings is 6. The molecule has 0 unspecified atom stereocenters. The minimum Gasteiger partial charge on any atom is -0.309 e. The summed E-state index contributed by atoms with van der Waals surface area (Å²) >= 11 is 0. The summed E-state index contributed by atoms with van der Waals surface area (Å²) in [4.78, 5) is 14.3. The molecule has 5 nitrogen and oxygen atoms in total. The third-order valence-corrected chi connectivity index (χ3v) is 10.9. The van der Waals surface area contributed by atoms with Gasteiger partial charge in [0.15, 0.2) is 0 Å². The van der Waals surface area contributed by atoms with Gasteiger partial charge in [0, 0.05) is 62.6 Å². The molecule has 5 aromatic heterocycles. The smallest absolute Gasteiger partial charge is 0.145 e. The molecule has 0 aliphatic heterocycles. The molecule has 0 atom stereocenters. The van der Waals surface area contributed by atoms with Gasteiger partial charge < -0.3 is 4.57 Å². The normalized spacial score (nSPS) is 11.6. The third kappa shape index (κ3) is 5.21. The van der Waals surface area contributed by atoms with E-state index >= 15 is 0 Å². The highest BCUT2D eigenvalue weighted by Crippen LogP contribution is 2.41. The van der Waals surface area contributed by atoms with Crippen LogP contribution in [0.5, 0.6) is 0 Å². The quantitative estimate of drug-likeness (QED) is 0.172. The summed E-state index contributed by atoms with van der Waals surface area (Å²) < 4.78 is 4.68. The fourth-order valence-corrected chi connectivity index (χ4v) is 8.35. The van der Waals surface area contributed by atoms with Crippen molar-refractivity contribution in [1.29, 1.82) is 0 Å². The van der Waals surface area contributed by atoms with Crippen LogP contribution in [0.2, 0.25) is 0 Å². The van der Waals surface area contributed by atoms with E-state index in [0.29, 0.717) is 0 Å². The first-order valence-electron chi connectivity index (χ1n) is 18.8. The largest absolute Gasteiger partial charge is 0.309 e. The molecule has 11 rings (SSSR count). The van der Waals surface area contributed by atoms with E-state index in [-0.39, 0.29) is 0 Å². The molecular formula is C51H33N5. The lowest BCUT2D eigenvalue weighted by Crippen LogP contribution is -1.96. The second-order valence-electron chi connectivity index (χ2n) is 14.1. The van der Waals surface area contributed by atoms with Crippen molar-refractivity contribution in [3.63, 3.8) is 0 Å². The minimum absolute atomic E-state index is 0.927. The molecule has 0 saturated carbocycles. The van der Waals surface area contributed by atoms with Gasteiger partial charge in [0.2, 0.25) is 0 Å². The van der Waals surface area contributed by atoms with Crippen molar-refractivity contribution in [2.45, 2.75) is 0 Å². The van der Waals surface area contributed by atoms with Crippen molar-refractivity contribution in [2.75, 3.05) is 0 Å². The zero-order valence-electron chi connectivity index (χ0n) is 30.3. The molecule has 0 spiro atoms. The molecule has 0 aliphatic rings. The second kappa shape index (κ2) is 13.0. The average molecular weight is 716 g/mol. The van der Waals surface area contributed by atoms with Crippen molar-refractivity contribution < 1.29 is 0 Å². The standard InChI is InChI=1S/C51H33N5/c1-2-12-39(13-3-1)55-47-19-5-4-14-44(47)50-41(15-10-20-48(50)55)35-23-26-42-43-16-11-29-54-51(43)56(49(42)33-35)40-24-21-34(22-25-40)36-30-37(45-17-6-8-27-52-45)32-38(31-36)46-18-7-9-28-53-46/h1-33H. The molecule has 5 heterocycles. The summed E-state index contributed by atoms with van der Waals surface area (Å²) in [5, 5.41) is 4.77. The first-order chi connectivity index (χ1) is 27.8. The molecule has 6 aromatic carbocycles. The Hall–Kier alpha value is -7.63. The highest BCUT2D eigenvalue weighted by atomic mass is 15.0. The summed E-state index contributed by atoms with van der Waals surface area (Å²) in [6, 6.07) is 64.6. The summed E-state index contributed by atoms with van der Waals surface area (Å²) in [5.41, 5.74) is 15.2. The summed E-state index contributed by atoms with van der Waals surface area (Å²) in [6.07, 6.45) is 5.56. The maximum atomic E-state index is 4.94. The molecular weight excluding hydrogens is 683 g/mol. The highest BCUT2D eigenvalue weighted by Gasteiger charge is 2.19. The molecule has 56 heavy (non-hydrogen) atoms. The van der Waals surface area contributed by atoms with Crippen LogP contribution in [0.3, 0.4) is 0 Å². The molecule has 0 aliphatic carbocycles. The van der Waals surface area contributed by atoms with Crippen molar-refractivity contribution in [3.8, 4) is 56.1 Å². The number of hydrogen-bond donors (Lipinski definition) is 0. The molecule has 0 fully saturated rings. The Morgan fingerprint density at radius 3 is 1.70 bits per heavy atom. The number of hydrogen-bond acceptors (Lipinski definition) is 3. The summed E-state index contributed by atoms with van der Waals surface area (Å²) in [7, 11) is 0. The first-order valence-corrected chi connectivity index (χ1v) is 18.8. The van der Waals surface area contributed by atoms with E-state index in [0.717, 1.165) is 67.1 Å². The SMILES string of the molecule is c1ccc(-n2c3ccccc3c3c(-c4ccc5c6cccnc6n(-c6ccc(-c7cc(-c8ccccn8)cc(-c8ccccn8)c7)cc6)c5c4)cccc32)cc1. The van der Waals surface area contributed by atoms with Crippen LogP contribution in [-0.2, 0) is 0 Å². The topological polar surface area (TPSA) is 48.5 Å². The van der Waals surface area contributed by atoms with Crippen LogP contribution in [-0.4, -0.2) is 24.1 Å². The lowest BCUT2D eigenvalue weighted by atomic mass is 9.96. The highest BCUT2D eigenvalue weighted by molar-refractivity contribution is 6.17. The van der Waals surface area contributed by atoms with Gasteiger partial charge >= 0.3 is 0 Å². The van der Waals surface area contributed by atoms with E-state index in [9.17, 15) is 0 Å². The predicted octanol–water partition coefficient (Wildman–Crippen LogP) is 12.7. The molecule has 0 N–H and O–H groups in total. The van der Waals surface area contributed by atoms with Crippen LogP contribution >= 0.6 is 0 Å². The fraction of sp³-hybridized carbons (Fsp3) is 0. The van der Waals surface area contributed by atoms with Crippen molar-refractivity contribution in [3.05, 3.63) is 201 Å². The Balaban J connectivity index is 1.07. The van der Waals surface area contributed by atoms with Crippen LogP contribution in [0.25, 0.3) is 99.9 Å². The summed E-state index contributed by atoms with van der Waals surface area (Å²) in [5.74, 6) is 0. The Bertz CT molecular complexity index is 3160. The van der Waals surface area contributed by atoms with Gasteiger partial charge in [0.25, 0.3) is 0 Å². The Labute approximate surface area is 323 Å². The van der Waals surface area contributed by atoms with E-state index in [1.807, 2.05) is 48.9 Å². The van der Waals surface area contributed by atoms with Crippen molar-refractivity contribution >= 4 is 43.7 Å². The molecule has 0 bridgehead atoms. The van der Waals surface area contributed by atoms with E-state index in [1.54, 1.807) is 0 Å². The van der Waals surface area contributed by atoms with Gasteiger partial charge in [-0.3, -0.25) is 14.5 Å². The maximum absolute atomic E-state index is 4.94. The molecule has 5 heteroatoms. The van der Waals surface area contributed by atoms with Crippen LogP contribution < -0.4 is 0 Å². The zero-order chi connectivity index (χ0) is 37.0. The number of nitrogens with zero attached hydrogens (tertiary/aromatic N) is 5. The number of aromatic nitrogens is 5. The molecule has 11 aromatic rings. The third-order valence-electron chi connectivity index (χ3n) is 10.9. The van der Waals surface area contributed by atoms with E-state index in [2.05, 4.69) is 171 Å². The van der Waals surface area contributed by atoms with Gasteiger partial charge in [-0.05, 0) is 119 Å². The Morgan fingerprint density at radius 2 is 0.946 bits per heavy atom. The average Bonchev–Trinajstić information content (AvgIpc) is 3.80. The summed E-state index contributed by atoms with van der Waals surface area (Å²) in [6.45, 7) is 0. The van der Waals surface area contributed by atoms with E-state index in [1.165, 1.54) is 32.8 Å². The van der Waals surface area contributed by atoms with Gasteiger partial charge in [-0.2, -0.15) is 0 Å². The van der Waals surface area contributed by atoms with Gasteiger partial charge in [-0.1, -0.05) is 84.9 Å². The van der Waals surface area contributed by atoms with Gasteiger partial charge in [0.1, 0.15) is 5.65 Å². The second-order valence-corrected chi connectivity index (χ2v) is 14.1. The molecule has 0 saturated heterocycles. The van der Waals surface area contributed by atoms with Gasteiger partial charge in [-0.25, -0.2) is 4.98 Å². The Morgan fingerprint density at radius 1 is 0.321 bits per heavy atom. The number of pyridine rings is 3. The van der Waals surface area contributed by atoms with Crippen molar-refractivity contribution in [2.24, 2.45) is 0 Å². The molecule has 0 radical (unpaired) electrons. The Kier molecular flexibility index (Phi) is 7.42. The molecule has 262 valence electrons. The zero-order valence-corrected chi connectivity index (χ0v) is 30.3. The lowest BCUT2D eigenvalue weighted by Gasteiger charge is -2.12. The van der Waals surface area contributed by atoms with Crippen LogP contribution in [0.15, 0.2) is 201 Å². The predicted molar refractivity (Wildman–Crippen MR) is 230 cm³/mol. The number of rotatable bonds is 6. The number of para-hydroxylation sites is 2. The minimum atomic E-state index is 0.927. The van der Waals surface area contributed by atoms with E-state index in [4.69, 9.17) is 4.98 Å². The first kappa shape index (κ1) is 31.9. The maximum Gasteiger partial charge on any atom is 0.145 e. The van der Waals surface area contributed by atoms with Crippen LogP contribution in [0.1, 0.15) is 0 Å². The van der Waals surface area contributed by atoms with E-state index < -0.39 is 0 Å². The van der Waals surface area contributed by atoms with Crippen molar-refractivity contribution in [1.82, 2.24) is 24.1 Å².